The van der Waals surface area contributed by atoms with Crippen LogP contribution >= 0.6 is 0 Å². The first-order chi connectivity index (χ1) is 11.5. The Morgan fingerprint density at radius 1 is 1.38 bits per heavy atom. The highest BCUT2D eigenvalue weighted by atomic mass is 16.2. The molecule has 0 aromatic carbocycles. The molecule has 0 bridgehead atoms. The van der Waals surface area contributed by atoms with Gasteiger partial charge in [-0.2, -0.15) is 5.10 Å². The van der Waals surface area contributed by atoms with Gasteiger partial charge in [-0.1, -0.05) is 20.8 Å². The van der Waals surface area contributed by atoms with Crippen LogP contribution in [-0.2, 0) is 16.1 Å². The highest BCUT2D eigenvalue weighted by Crippen LogP contribution is 2.19. The number of piperidine rings is 1. The Morgan fingerprint density at radius 2 is 2.17 bits per heavy atom. The zero-order chi connectivity index (χ0) is 17.5. The number of amides is 2. The monoisotopic (exact) mass is 334 g/mol. The van der Waals surface area contributed by atoms with E-state index in [0.717, 1.165) is 32.4 Å². The number of likely N-dealkylation sites (tertiary alicyclic amines) is 1. The first-order valence-corrected chi connectivity index (χ1v) is 9.05. The van der Waals surface area contributed by atoms with Gasteiger partial charge in [-0.15, -0.1) is 0 Å². The van der Waals surface area contributed by atoms with Crippen LogP contribution in [0.2, 0.25) is 0 Å². The molecule has 2 heterocycles. The second-order valence-corrected chi connectivity index (χ2v) is 7.01. The van der Waals surface area contributed by atoms with Crippen LogP contribution in [0.1, 0.15) is 40.0 Å². The molecule has 2 rings (SSSR count). The van der Waals surface area contributed by atoms with Crippen LogP contribution in [0.4, 0.5) is 0 Å². The van der Waals surface area contributed by atoms with Gasteiger partial charge in [-0.3, -0.25) is 14.3 Å². The van der Waals surface area contributed by atoms with E-state index in [9.17, 15) is 9.59 Å². The Kier molecular flexibility index (Phi) is 6.82. The molecule has 3 atom stereocenters. The lowest BCUT2D eigenvalue weighted by molar-refractivity contribution is -0.139. The molecule has 0 radical (unpaired) electrons. The van der Waals surface area contributed by atoms with E-state index < -0.39 is 0 Å². The zero-order valence-corrected chi connectivity index (χ0v) is 15.1. The molecule has 2 amide bonds. The molecule has 1 aromatic heterocycles. The summed E-state index contributed by atoms with van der Waals surface area (Å²) in [5.41, 5.74) is 0. The number of nitrogens with one attached hydrogen (secondary N) is 1. The lowest BCUT2D eigenvalue weighted by atomic mass is 9.95. The third kappa shape index (κ3) is 5.08. The summed E-state index contributed by atoms with van der Waals surface area (Å²) in [5, 5.41) is 7.24. The average Bonchev–Trinajstić information content (AvgIpc) is 3.11. The number of aromatic nitrogens is 2. The minimum Gasteiger partial charge on any atom is -0.355 e. The van der Waals surface area contributed by atoms with Gasteiger partial charge in [0.2, 0.25) is 11.8 Å². The second-order valence-electron chi connectivity index (χ2n) is 7.01. The fourth-order valence-corrected chi connectivity index (χ4v) is 3.09. The first kappa shape index (κ1) is 18.5. The Balaban J connectivity index is 1.78. The maximum Gasteiger partial charge on any atom is 0.225 e. The van der Waals surface area contributed by atoms with Gasteiger partial charge in [-0.05, 0) is 31.2 Å². The van der Waals surface area contributed by atoms with Crippen LogP contribution in [-0.4, -0.2) is 46.1 Å². The van der Waals surface area contributed by atoms with Crippen LogP contribution in [0.3, 0.4) is 0 Å². The molecule has 0 aliphatic carbocycles. The van der Waals surface area contributed by atoms with Crippen LogP contribution < -0.4 is 5.32 Å². The van der Waals surface area contributed by atoms with E-state index in [4.69, 9.17) is 0 Å². The molecule has 1 N–H and O–H groups in total. The lowest BCUT2D eigenvalue weighted by Gasteiger charge is -2.33. The molecule has 1 aromatic rings. The molecule has 24 heavy (non-hydrogen) atoms. The van der Waals surface area contributed by atoms with Gasteiger partial charge >= 0.3 is 0 Å². The minimum atomic E-state index is -0.0799. The fraction of sp³-hybridized carbons (Fsp3) is 0.722. The molecule has 6 heteroatoms. The maximum atomic E-state index is 12.4. The summed E-state index contributed by atoms with van der Waals surface area (Å²) >= 11 is 0. The van der Waals surface area contributed by atoms with E-state index in [1.54, 1.807) is 6.20 Å². The molecule has 1 aliphatic heterocycles. The van der Waals surface area contributed by atoms with Crippen molar-refractivity contribution in [2.75, 3.05) is 19.6 Å². The zero-order valence-electron chi connectivity index (χ0n) is 15.1. The van der Waals surface area contributed by atoms with E-state index in [2.05, 4.69) is 17.3 Å². The number of hydrogen-bond acceptors (Lipinski definition) is 3. The molecular formula is C18H30N4O2. The molecule has 0 spiro atoms. The summed E-state index contributed by atoms with van der Waals surface area (Å²) in [7, 11) is 0. The Morgan fingerprint density at radius 3 is 2.83 bits per heavy atom. The number of nitrogens with zero attached hydrogens (tertiary/aromatic N) is 3. The third-order valence-electron chi connectivity index (χ3n) is 4.82. The van der Waals surface area contributed by atoms with E-state index in [0.29, 0.717) is 19.0 Å². The number of carbonyl (C=O) groups is 2. The Bertz CT molecular complexity index is 529. The van der Waals surface area contributed by atoms with Crippen molar-refractivity contribution < 1.29 is 9.59 Å². The third-order valence-corrected chi connectivity index (χ3v) is 4.82. The normalized spacial score (nSPS) is 20.5. The van der Waals surface area contributed by atoms with Crippen molar-refractivity contribution in [1.82, 2.24) is 20.0 Å². The smallest absolute Gasteiger partial charge is 0.225 e. The van der Waals surface area contributed by atoms with Crippen molar-refractivity contribution in [3.05, 3.63) is 18.5 Å². The molecule has 6 nitrogen and oxygen atoms in total. The standard InChI is InChI=1S/C18H30N4O2/c1-4-15(3)18(24)21-9-5-7-16(13-21)17(23)19-11-14(2)12-22-10-6-8-20-22/h6,8,10,14-16H,4-5,7,9,11-13H2,1-3H3,(H,19,23)/t14-,15-,16-/m0/s1. The lowest BCUT2D eigenvalue weighted by Crippen LogP contribution is -2.47. The van der Waals surface area contributed by atoms with Gasteiger partial charge in [0.25, 0.3) is 0 Å². The molecule has 134 valence electrons. The van der Waals surface area contributed by atoms with Crippen LogP contribution in [0, 0.1) is 17.8 Å². The van der Waals surface area contributed by atoms with Crippen molar-refractivity contribution in [1.29, 1.82) is 0 Å². The van der Waals surface area contributed by atoms with Gasteiger partial charge in [0.05, 0.1) is 5.92 Å². The van der Waals surface area contributed by atoms with Crippen LogP contribution in [0.5, 0.6) is 0 Å². The van der Waals surface area contributed by atoms with E-state index in [-0.39, 0.29) is 23.7 Å². The topological polar surface area (TPSA) is 67.2 Å². The van der Waals surface area contributed by atoms with E-state index in [1.165, 1.54) is 0 Å². The second kappa shape index (κ2) is 8.85. The maximum absolute atomic E-state index is 12.4. The number of rotatable bonds is 7. The predicted octanol–water partition coefficient (Wildman–Crippen LogP) is 1.92. The first-order valence-electron chi connectivity index (χ1n) is 9.05. The number of carbonyl (C=O) groups excluding carboxylic acids is 2. The quantitative estimate of drug-likeness (QED) is 0.828. The highest BCUT2D eigenvalue weighted by Gasteiger charge is 2.29. The summed E-state index contributed by atoms with van der Waals surface area (Å²) in [5.74, 6) is 0.533. The summed E-state index contributed by atoms with van der Waals surface area (Å²) in [6.45, 7) is 8.85. The van der Waals surface area contributed by atoms with E-state index in [1.807, 2.05) is 35.7 Å². The molecule has 0 saturated carbocycles. The summed E-state index contributed by atoms with van der Waals surface area (Å²) in [4.78, 5) is 26.6. The Labute approximate surface area is 144 Å². The van der Waals surface area contributed by atoms with Crippen LogP contribution in [0.15, 0.2) is 18.5 Å². The van der Waals surface area contributed by atoms with Gasteiger partial charge in [0, 0.05) is 44.5 Å². The van der Waals surface area contributed by atoms with Crippen molar-refractivity contribution >= 4 is 11.8 Å². The van der Waals surface area contributed by atoms with Gasteiger partial charge < -0.3 is 10.2 Å². The number of hydrogen-bond donors (Lipinski definition) is 1. The average molecular weight is 334 g/mol. The summed E-state index contributed by atoms with van der Waals surface area (Å²) in [6, 6.07) is 1.90. The largest absolute Gasteiger partial charge is 0.355 e. The van der Waals surface area contributed by atoms with Gasteiger partial charge in [0.15, 0.2) is 0 Å². The molecule has 1 aliphatic rings. The van der Waals surface area contributed by atoms with Gasteiger partial charge in [0.1, 0.15) is 0 Å². The van der Waals surface area contributed by atoms with E-state index >= 15 is 0 Å². The molecule has 0 unspecified atom stereocenters. The Hall–Kier alpha value is -1.85. The summed E-state index contributed by atoms with van der Waals surface area (Å²) < 4.78 is 1.88. The summed E-state index contributed by atoms with van der Waals surface area (Å²) in [6.07, 6.45) is 6.30. The molecular weight excluding hydrogens is 304 g/mol. The molecule has 1 saturated heterocycles. The van der Waals surface area contributed by atoms with Crippen molar-refractivity contribution in [2.45, 2.75) is 46.6 Å². The van der Waals surface area contributed by atoms with Gasteiger partial charge in [-0.25, -0.2) is 0 Å². The van der Waals surface area contributed by atoms with Crippen molar-refractivity contribution in [3.63, 3.8) is 0 Å². The minimum absolute atomic E-state index is 0.0425. The van der Waals surface area contributed by atoms with Crippen molar-refractivity contribution in [3.8, 4) is 0 Å². The fourth-order valence-electron chi connectivity index (χ4n) is 3.09. The molecule has 1 fully saturated rings. The SMILES string of the molecule is CC[C@H](C)C(=O)N1CCC[C@H](C(=O)NC[C@H](C)Cn2cccn2)C1. The van der Waals surface area contributed by atoms with Crippen molar-refractivity contribution in [2.24, 2.45) is 17.8 Å². The highest BCUT2D eigenvalue weighted by molar-refractivity contribution is 5.82. The predicted molar refractivity (Wildman–Crippen MR) is 93.2 cm³/mol. The van der Waals surface area contributed by atoms with Crippen LogP contribution in [0.25, 0.3) is 0 Å².